The third-order valence-corrected chi connectivity index (χ3v) is 5.84. The van der Waals surface area contributed by atoms with E-state index in [4.69, 9.17) is 20.9 Å². The van der Waals surface area contributed by atoms with Crippen LogP contribution in [0.25, 0.3) is 22.8 Å². The average molecular weight is 456 g/mol. The van der Waals surface area contributed by atoms with E-state index in [9.17, 15) is 9.90 Å². The van der Waals surface area contributed by atoms with Crippen molar-refractivity contribution < 1.29 is 19.2 Å². The van der Waals surface area contributed by atoms with Gasteiger partial charge in [0.15, 0.2) is 0 Å². The molecule has 3 aromatic rings. The van der Waals surface area contributed by atoms with Crippen LogP contribution in [0.4, 0.5) is 5.69 Å². The molecule has 0 unspecified atom stereocenters. The summed E-state index contributed by atoms with van der Waals surface area (Å²) in [5.41, 5.74) is 2.38. The molecule has 2 N–H and O–H groups in total. The van der Waals surface area contributed by atoms with Crippen LogP contribution in [-0.2, 0) is 4.79 Å². The van der Waals surface area contributed by atoms with E-state index < -0.39 is 5.97 Å². The minimum absolute atomic E-state index is 0.0284. The minimum Gasteiger partial charge on any atom is -0.489 e. The molecule has 1 aromatic heterocycles. The van der Waals surface area contributed by atoms with Crippen molar-refractivity contribution in [3.8, 4) is 28.6 Å². The molecule has 1 aliphatic rings. The Morgan fingerprint density at radius 3 is 2.56 bits per heavy atom. The summed E-state index contributed by atoms with van der Waals surface area (Å²) in [4.78, 5) is 16.0. The first-order chi connectivity index (χ1) is 15.4. The van der Waals surface area contributed by atoms with Gasteiger partial charge in [0, 0.05) is 22.9 Å². The second kappa shape index (κ2) is 9.61. The molecule has 4 rings (SSSR count). The number of carbonyl (C=O) groups is 1. The van der Waals surface area contributed by atoms with Gasteiger partial charge in [-0.3, -0.25) is 4.79 Å². The molecule has 32 heavy (non-hydrogen) atoms. The number of hydrogen-bond acceptors (Lipinski definition) is 6. The molecule has 1 aliphatic carbocycles. The molecule has 1 fully saturated rings. The zero-order chi connectivity index (χ0) is 22.7. The highest BCUT2D eigenvalue weighted by Crippen LogP contribution is 2.32. The van der Waals surface area contributed by atoms with E-state index in [1.165, 1.54) is 0 Å². The van der Waals surface area contributed by atoms with Gasteiger partial charge in [-0.15, -0.1) is 0 Å². The first-order valence-electron chi connectivity index (χ1n) is 10.8. The lowest BCUT2D eigenvalue weighted by atomic mass is 9.84. The van der Waals surface area contributed by atoms with Gasteiger partial charge in [0.25, 0.3) is 5.89 Å². The number of aromatic nitrogens is 2. The van der Waals surface area contributed by atoms with Crippen molar-refractivity contribution in [1.29, 1.82) is 0 Å². The fourth-order valence-corrected chi connectivity index (χ4v) is 4.19. The topological polar surface area (TPSA) is 97.5 Å². The van der Waals surface area contributed by atoms with Gasteiger partial charge in [-0.25, -0.2) is 0 Å². The van der Waals surface area contributed by atoms with Crippen molar-refractivity contribution in [2.45, 2.75) is 51.7 Å². The Bertz CT molecular complexity index is 1080. The zero-order valence-electron chi connectivity index (χ0n) is 18.0. The number of halogens is 1. The molecule has 0 spiro atoms. The number of nitrogens with zero attached hydrogens (tertiary/aromatic N) is 2. The van der Waals surface area contributed by atoms with Crippen molar-refractivity contribution in [2.75, 3.05) is 5.32 Å². The Hall–Kier alpha value is -3.06. The normalized spacial score (nSPS) is 18.5. The third-order valence-electron chi connectivity index (χ3n) is 5.55. The largest absolute Gasteiger partial charge is 0.489 e. The number of aliphatic carboxylic acids is 1. The molecule has 8 heteroatoms. The van der Waals surface area contributed by atoms with Crippen molar-refractivity contribution >= 4 is 23.3 Å². The SMILES string of the molecule is CC(C)Oc1ccc(-c2noc(-c3ccc(N[C@H]4CCCC[C@H]4C(=O)O)cc3)n2)cc1Cl. The lowest BCUT2D eigenvalue weighted by Crippen LogP contribution is -2.37. The number of hydrogen-bond donors (Lipinski definition) is 2. The standard InChI is InChI=1S/C24H26ClN3O4/c1-14(2)31-21-12-9-16(13-19(21)25)22-27-23(32-28-22)15-7-10-17(11-8-15)26-20-6-4-3-5-18(20)24(29)30/h7-14,18,20,26H,3-6H2,1-2H3,(H,29,30)/t18-,20+/m1/s1. The number of benzene rings is 2. The van der Waals surface area contributed by atoms with Gasteiger partial charge in [0.05, 0.1) is 17.0 Å². The number of carboxylic acids is 1. The Morgan fingerprint density at radius 2 is 1.88 bits per heavy atom. The Morgan fingerprint density at radius 1 is 1.16 bits per heavy atom. The smallest absolute Gasteiger partial charge is 0.308 e. The van der Waals surface area contributed by atoms with Gasteiger partial charge < -0.3 is 19.7 Å². The first kappa shape index (κ1) is 22.1. The van der Waals surface area contributed by atoms with Gasteiger partial charge in [-0.1, -0.05) is 29.6 Å². The van der Waals surface area contributed by atoms with Crippen molar-refractivity contribution in [3.05, 3.63) is 47.5 Å². The quantitative estimate of drug-likeness (QED) is 0.457. The Balaban J connectivity index is 1.46. The van der Waals surface area contributed by atoms with Gasteiger partial charge in [0.2, 0.25) is 5.82 Å². The highest BCUT2D eigenvalue weighted by molar-refractivity contribution is 6.32. The van der Waals surface area contributed by atoms with E-state index in [2.05, 4.69) is 15.5 Å². The predicted molar refractivity (Wildman–Crippen MR) is 123 cm³/mol. The van der Waals surface area contributed by atoms with Crippen molar-refractivity contribution in [1.82, 2.24) is 10.1 Å². The molecule has 0 radical (unpaired) electrons. The van der Waals surface area contributed by atoms with E-state index in [1.54, 1.807) is 12.1 Å². The molecule has 168 valence electrons. The molecule has 1 saturated carbocycles. The van der Waals surface area contributed by atoms with Gasteiger partial charge >= 0.3 is 5.97 Å². The van der Waals surface area contributed by atoms with E-state index >= 15 is 0 Å². The second-order valence-electron chi connectivity index (χ2n) is 8.29. The summed E-state index contributed by atoms with van der Waals surface area (Å²) in [7, 11) is 0. The van der Waals surface area contributed by atoms with Crippen LogP contribution in [0.2, 0.25) is 5.02 Å². The highest BCUT2D eigenvalue weighted by Gasteiger charge is 2.30. The molecule has 0 aliphatic heterocycles. The summed E-state index contributed by atoms with van der Waals surface area (Å²) in [6.07, 6.45) is 3.60. The summed E-state index contributed by atoms with van der Waals surface area (Å²) in [6, 6.07) is 12.9. The average Bonchev–Trinajstić information content (AvgIpc) is 3.26. The summed E-state index contributed by atoms with van der Waals surface area (Å²) >= 11 is 6.32. The predicted octanol–water partition coefficient (Wildman–Crippen LogP) is 5.90. The lowest BCUT2D eigenvalue weighted by Gasteiger charge is -2.30. The number of carboxylic acid groups (broad SMARTS) is 1. The maximum absolute atomic E-state index is 11.5. The summed E-state index contributed by atoms with van der Waals surface area (Å²) < 4.78 is 11.1. The summed E-state index contributed by atoms with van der Waals surface area (Å²) in [5, 5.41) is 17.4. The molecule has 0 bridgehead atoms. The third kappa shape index (κ3) is 5.05. The fraction of sp³-hybridized carbons (Fsp3) is 0.375. The van der Waals surface area contributed by atoms with Crippen LogP contribution >= 0.6 is 11.6 Å². The van der Waals surface area contributed by atoms with Gasteiger partial charge in [-0.2, -0.15) is 4.98 Å². The molecule has 7 nitrogen and oxygen atoms in total. The molecule has 1 heterocycles. The van der Waals surface area contributed by atoms with Crippen LogP contribution in [0.1, 0.15) is 39.5 Å². The van der Waals surface area contributed by atoms with Crippen LogP contribution in [0.3, 0.4) is 0 Å². The molecule has 0 amide bonds. The number of rotatable bonds is 7. The van der Waals surface area contributed by atoms with Crippen LogP contribution < -0.4 is 10.1 Å². The van der Waals surface area contributed by atoms with Crippen LogP contribution in [-0.4, -0.2) is 33.4 Å². The number of anilines is 1. The van der Waals surface area contributed by atoms with Crippen molar-refractivity contribution in [2.24, 2.45) is 5.92 Å². The zero-order valence-corrected chi connectivity index (χ0v) is 18.8. The number of ether oxygens (including phenoxy) is 1. The summed E-state index contributed by atoms with van der Waals surface area (Å²) in [5.74, 6) is 0.352. The Kier molecular flexibility index (Phi) is 6.65. The van der Waals surface area contributed by atoms with Crippen LogP contribution in [0, 0.1) is 5.92 Å². The second-order valence-corrected chi connectivity index (χ2v) is 8.70. The van der Waals surface area contributed by atoms with Crippen LogP contribution in [0.5, 0.6) is 5.75 Å². The Labute approximate surface area is 191 Å². The molecule has 0 saturated heterocycles. The fourth-order valence-electron chi connectivity index (χ4n) is 3.97. The monoisotopic (exact) mass is 455 g/mol. The molecule has 2 aromatic carbocycles. The van der Waals surface area contributed by atoms with E-state index in [0.717, 1.165) is 36.1 Å². The van der Waals surface area contributed by atoms with E-state index in [0.29, 0.717) is 28.9 Å². The van der Waals surface area contributed by atoms with Crippen molar-refractivity contribution in [3.63, 3.8) is 0 Å². The van der Waals surface area contributed by atoms with Gasteiger partial charge in [-0.05, 0) is 69.2 Å². The van der Waals surface area contributed by atoms with Gasteiger partial charge in [0.1, 0.15) is 5.75 Å². The summed E-state index contributed by atoms with van der Waals surface area (Å²) in [6.45, 7) is 3.88. The molecular formula is C24H26ClN3O4. The highest BCUT2D eigenvalue weighted by atomic mass is 35.5. The van der Waals surface area contributed by atoms with E-state index in [1.807, 2.05) is 44.2 Å². The van der Waals surface area contributed by atoms with E-state index in [-0.39, 0.29) is 18.1 Å². The maximum Gasteiger partial charge on any atom is 0.308 e. The number of nitrogens with one attached hydrogen (secondary N) is 1. The minimum atomic E-state index is -0.735. The molecule has 2 atom stereocenters. The maximum atomic E-state index is 11.5. The lowest BCUT2D eigenvalue weighted by molar-refractivity contribution is -0.143. The first-order valence-corrected chi connectivity index (χ1v) is 11.2. The molecular weight excluding hydrogens is 430 g/mol. The van der Waals surface area contributed by atoms with Crippen LogP contribution in [0.15, 0.2) is 47.0 Å².